The predicted octanol–water partition coefficient (Wildman–Crippen LogP) is 3.47. The van der Waals surface area contributed by atoms with Gasteiger partial charge in [-0.05, 0) is 18.2 Å². The quantitative estimate of drug-likeness (QED) is 0.888. The fourth-order valence-electron chi connectivity index (χ4n) is 2.37. The monoisotopic (exact) mass is 286 g/mol. The van der Waals surface area contributed by atoms with E-state index in [1.54, 1.807) is 12.1 Å². The summed E-state index contributed by atoms with van der Waals surface area (Å²) in [7, 11) is 0. The fourth-order valence-corrected chi connectivity index (χ4v) is 2.37. The standard InChI is InChI=1S/C16H15FN2O2/c17-12-6-2-3-7-14(12)19-16(20)18-13-9-10-21-15-8-4-1-5-11(13)15/h1-8,13H,9-10H2,(H2,18,19,20)/t13-/m0/s1. The van der Waals surface area contributed by atoms with Gasteiger partial charge < -0.3 is 15.4 Å². The van der Waals surface area contributed by atoms with Crippen LogP contribution in [0.5, 0.6) is 5.75 Å². The van der Waals surface area contributed by atoms with Crippen LogP contribution in [-0.4, -0.2) is 12.6 Å². The number of fused-ring (bicyclic) bond motifs is 1. The van der Waals surface area contributed by atoms with Gasteiger partial charge in [-0.25, -0.2) is 9.18 Å². The Bertz CT molecular complexity index is 660. The molecule has 21 heavy (non-hydrogen) atoms. The molecule has 2 N–H and O–H groups in total. The van der Waals surface area contributed by atoms with E-state index in [4.69, 9.17) is 4.74 Å². The molecule has 1 atom stereocenters. The molecule has 1 aliphatic rings. The number of rotatable bonds is 2. The number of urea groups is 1. The van der Waals surface area contributed by atoms with Crippen molar-refractivity contribution in [3.63, 3.8) is 0 Å². The summed E-state index contributed by atoms with van der Waals surface area (Å²) in [5, 5.41) is 5.38. The number of carbonyl (C=O) groups is 1. The van der Waals surface area contributed by atoms with E-state index in [0.717, 1.165) is 11.3 Å². The zero-order chi connectivity index (χ0) is 14.7. The van der Waals surface area contributed by atoms with E-state index in [9.17, 15) is 9.18 Å². The van der Waals surface area contributed by atoms with Crippen LogP contribution in [0.15, 0.2) is 48.5 Å². The summed E-state index contributed by atoms with van der Waals surface area (Å²) >= 11 is 0. The van der Waals surface area contributed by atoms with Crippen LogP contribution in [0.25, 0.3) is 0 Å². The molecule has 1 aliphatic heterocycles. The predicted molar refractivity (Wildman–Crippen MR) is 77.8 cm³/mol. The van der Waals surface area contributed by atoms with E-state index < -0.39 is 11.8 Å². The van der Waals surface area contributed by atoms with Crippen molar-refractivity contribution >= 4 is 11.7 Å². The van der Waals surface area contributed by atoms with Crippen LogP contribution in [0, 0.1) is 5.82 Å². The Morgan fingerprint density at radius 2 is 1.90 bits per heavy atom. The minimum absolute atomic E-state index is 0.137. The number of para-hydroxylation sites is 2. The van der Waals surface area contributed by atoms with E-state index in [-0.39, 0.29) is 11.7 Å². The Balaban J connectivity index is 1.70. The normalized spacial score (nSPS) is 16.5. The Labute approximate surface area is 121 Å². The maximum absolute atomic E-state index is 13.5. The highest BCUT2D eigenvalue weighted by molar-refractivity contribution is 5.89. The van der Waals surface area contributed by atoms with Crippen molar-refractivity contribution in [1.82, 2.24) is 5.32 Å². The van der Waals surface area contributed by atoms with Crippen molar-refractivity contribution in [3.05, 3.63) is 59.9 Å². The van der Waals surface area contributed by atoms with Gasteiger partial charge in [-0.15, -0.1) is 0 Å². The molecule has 108 valence electrons. The van der Waals surface area contributed by atoms with Gasteiger partial charge in [-0.1, -0.05) is 30.3 Å². The summed E-state index contributed by atoms with van der Waals surface area (Å²) < 4.78 is 19.0. The maximum atomic E-state index is 13.5. The third-order valence-electron chi connectivity index (χ3n) is 3.39. The Morgan fingerprint density at radius 3 is 2.76 bits per heavy atom. The zero-order valence-corrected chi connectivity index (χ0v) is 11.3. The molecule has 0 aliphatic carbocycles. The molecular formula is C16H15FN2O2. The highest BCUT2D eigenvalue weighted by atomic mass is 19.1. The van der Waals surface area contributed by atoms with Crippen LogP contribution in [0.2, 0.25) is 0 Å². The highest BCUT2D eigenvalue weighted by Gasteiger charge is 2.22. The van der Waals surface area contributed by atoms with Crippen molar-refractivity contribution < 1.29 is 13.9 Å². The van der Waals surface area contributed by atoms with Gasteiger partial charge in [-0.3, -0.25) is 0 Å². The number of amides is 2. The van der Waals surface area contributed by atoms with Crippen molar-refractivity contribution in [1.29, 1.82) is 0 Å². The third-order valence-corrected chi connectivity index (χ3v) is 3.39. The topological polar surface area (TPSA) is 50.4 Å². The molecule has 2 amide bonds. The Morgan fingerprint density at radius 1 is 1.14 bits per heavy atom. The Kier molecular flexibility index (Phi) is 3.73. The number of benzene rings is 2. The lowest BCUT2D eigenvalue weighted by molar-refractivity contribution is 0.232. The smallest absolute Gasteiger partial charge is 0.319 e. The summed E-state index contributed by atoms with van der Waals surface area (Å²) in [4.78, 5) is 12.0. The SMILES string of the molecule is O=C(Nc1ccccc1F)N[C@H]1CCOc2ccccc21. The minimum atomic E-state index is -0.458. The van der Waals surface area contributed by atoms with Gasteiger partial charge in [0.1, 0.15) is 11.6 Å². The van der Waals surface area contributed by atoms with Gasteiger partial charge in [0.15, 0.2) is 0 Å². The zero-order valence-electron chi connectivity index (χ0n) is 11.3. The van der Waals surface area contributed by atoms with Crippen molar-refractivity contribution in [3.8, 4) is 5.75 Å². The van der Waals surface area contributed by atoms with E-state index in [2.05, 4.69) is 10.6 Å². The lowest BCUT2D eigenvalue weighted by Gasteiger charge is -2.26. The maximum Gasteiger partial charge on any atom is 0.319 e. The molecule has 0 spiro atoms. The van der Waals surface area contributed by atoms with Crippen LogP contribution in [0.3, 0.4) is 0 Å². The first kappa shape index (κ1) is 13.4. The van der Waals surface area contributed by atoms with Crippen molar-refractivity contribution in [2.24, 2.45) is 0 Å². The number of ether oxygens (including phenoxy) is 1. The molecule has 4 nitrogen and oxygen atoms in total. The average molecular weight is 286 g/mol. The van der Waals surface area contributed by atoms with Gasteiger partial charge in [0.2, 0.25) is 0 Å². The molecule has 2 aromatic carbocycles. The molecule has 0 unspecified atom stereocenters. The van der Waals surface area contributed by atoms with Crippen LogP contribution in [0.1, 0.15) is 18.0 Å². The molecule has 0 saturated heterocycles. The molecule has 0 bridgehead atoms. The van der Waals surface area contributed by atoms with Crippen LogP contribution >= 0.6 is 0 Å². The number of hydrogen-bond acceptors (Lipinski definition) is 2. The largest absolute Gasteiger partial charge is 0.493 e. The third kappa shape index (κ3) is 2.97. The van der Waals surface area contributed by atoms with Crippen LogP contribution in [0.4, 0.5) is 14.9 Å². The average Bonchev–Trinajstić information content (AvgIpc) is 2.50. The van der Waals surface area contributed by atoms with Gasteiger partial charge in [0.05, 0.1) is 18.3 Å². The second-order valence-electron chi connectivity index (χ2n) is 4.81. The summed E-state index contributed by atoms with van der Waals surface area (Å²) in [6.45, 7) is 0.543. The first-order valence-corrected chi connectivity index (χ1v) is 6.78. The molecule has 0 aromatic heterocycles. The summed E-state index contributed by atoms with van der Waals surface area (Å²) in [6.07, 6.45) is 0.682. The van der Waals surface area contributed by atoms with Gasteiger partial charge in [0, 0.05) is 12.0 Å². The molecule has 5 heteroatoms. The van der Waals surface area contributed by atoms with Gasteiger partial charge in [0.25, 0.3) is 0 Å². The number of hydrogen-bond donors (Lipinski definition) is 2. The van der Waals surface area contributed by atoms with Crippen molar-refractivity contribution in [2.75, 3.05) is 11.9 Å². The van der Waals surface area contributed by atoms with E-state index in [1.807, 2.05) is 24.3 Å². The lowest BCUT2D eigenvalue weighted by Crippen LogP contribution is -2.35. The lowest BCUT2D eigenvalue weighted by atomic mass is 10.0. The van der Waals surface area contributed by atoms with Gasteiger partial charge >= 0.3 is 6.03 Å². The van der Waals surface area contributed by atoms with Crippen LogP contribution < -0.4 is 15.4 Å². The van der Waals surface area contributed by atoms with Crippen LogP contribution in [-0.2, 0) is 0 Å². The fraction of sp³-hybridized carbons (Fsp3) is 0.188. The second-order valence-corrected chi connectivity index (χ2v) is 4.81. The summed E-state index contributed by atoms with van der Waals surface area (Å²) in [5.41, 5.74) is 1.10. The highest BCUT2D eigenvalue weighted by Crippen LogP contribution is 2.31. The molecule has 2 aromatic rings. The number of halogens is 1. The Hall–Kier alpha value is -2.56. The first-order chi connectivity index (χ1) is 10.2. The molecule has 0 fully saturated rings. The molecule has 0 saturated carbocycles. The van der Waals surface area contributed by atoms with E-state index in [1.165, 1.54) is 12.1 Å². The number of nitrogens with one attached hydrogen (secondary N) is 2. The second kappa shape index (κ2) is 5.83. The van der Waals surface area contributed by atoms with Gasteiger partial charge in [-0.2, -0.15) is 0 Å². The molecule has 3 rings (SSSR count). The number of carbonyl (C=O) groups excluding carboxylic acids is 1. The molecule has 1 heterocycles. The first-order valence-electron chi connectivity index (χ1n) is 6.78. The molecular weight excluding hydrogens is 271 g/mol. The minimum Gasteiger partial charge on any atom is -0.493 e. The summed E-state index contributed by atoms with van der Waals surface area (Å²) in [6, 6.07) is 13.1. The van der Waals surface area contributed by atoms with Crippen molar-refractivity contribution in [2.45, 2.75) is 12.5 Å². The number of anilines is 1. The van der Waals surface area contributed by atoms with E-state index in [0.29, 0.717) is 13.0 Å². The van der Waals surface area contributed by atoms with E-state index >= 15 is 0 Å². The molecule has 0 radical (unpaired) electrons. The summed E-state index contributed by atoms with van der Waals surface area (Å²) in [5.74, 6) is 0.319.